The van der Waals surface area contributed by atoms with Crippen molar-refractivity contribution in [1.29, 1.82) is 0 Å². The van der Waals surface area contributed by atoms with E-state index in [-0.39, 0.29) is 12.5 Å². The second kappa shape index (κ2) is 10.8. The lowest BCUT2D eigenvalue weighted by Crippen LogP contribution is -2.37. The van der Waals surface area contributed by atoms with E-state index >= 15 is 0 Å². The summed E-state index contributed by atoms with van der Waals surface area (Å²) in [5.74, 6) is -0.0850. The smallest absolute Gasteiger partial charge is 0.408 e. The Morgan fingerprint density at radius 3 is 2.13 bits per heavy atom. The highest BCUT2D eigenvalue weighted by atomic mass is 16.6. The average molecular weight is 425 g/mol. The van der Waals surface area contributed by atoms with Gasteiger partial charge in [-0.25, -0.2) is 4.79 Å². The van der Waals surface area contributed by atoms with Crippen molar-refractivity contribution < 1.29 is 23.9 Å². The van der Waals surface area contributed by atoms with Gasteiger partial charge in [0.05, 0.1) is 18.5 Å². The molecule has 0 aromatic heterocycles. The number of hydrogen-bond donors (Lipinski definition) is 3. The highest BCUT2D eigenvalue weighted by molar-refractivity contribution is 6.05. The summed E-state index contributed by atoms with van der Waals surface area (Å²) in [5.41, 5.74) is 1.02. The van der Waals surface area contributed by atoms with Gasteiger partial charge in [-0.15, -0.1) is 0 Å². The molecule has 0 aliphatic carbocycles. The zero-order valence-electron chi connectivity index (χ0n) is 18.0. The number of rotatable bonds is 7. The Morgan fingerprint density at radius 2 is 1.55 bits per heavy atom. The third-order valence-electron chi connectivity index (χ3n) is 3.79. The number of para-hydroxylation sites is 2. The summed E-state index contributed by atoms with van der Waals surface area (Å²) in [4.78, 5) is 36.1. The van der Waals surface area contributed by atoms with Crippen molar-refractivity contribution in [3.05, 3.63) is 60.2 Å². The van der Waals surface area contributed by atoms with Crippen LogP contribution in [0.3, 0.4) is 0 Å². The summed E-state index contributed by atoms with van der Waals surface area (Å²) >= 11 is 0. The second-order valence-corrected chi connectivity index (χ2v) is 7.54. The summed E-state index contributed by atoms with van der Waals surface area (Å²) in [6.45, 7) is 4.92. The summed E-state index contributed by atoms with van der Waals surface area (Å²) in [7, 11) is 1.59. The number of amides is 3. The molecule has 8 nitrogen and oxygen atoms in total. The predicted octanol–water partition coefficient (Wildman–Crippen LogP) is 3.81. The van der Waals surface area contributed by atoms with Crippen LogP contribution in [0, 0.1) is 0 Å². The van der Waals surface area contributed by atoms with Crippen LogP contribution in [0.25, 0.3) is 6.08 Å². The third-order valence-corrected chi connectivity index (χ3v) is 3.79. The second-order valence-electron chi connectivity index (χ2n) is 7.54. The number of methoxy groups -OCH3 is 1. The SMILES string of the molecule is COc1ccc(/C=C/C(=O)Nc2ccccc2NC(=O)CNC(=O)OC(C)(C)C)cc1. The minimum absolute atomic E-state index is 0.269. The molecule has 164 valence electrons. The first-order chi connectivity index (χ1) is 14.7. The largest absolute Gasteiger partial charge is 0.497 e. The van der Waals surface area contributed by atoms with E-state index in [0.29, 0.717) is 11.4 Å². The third kappa shape index (κ3) is 8.61. The molecule has 0 bridgehead atoms. The van der Waals surface area contributed by atoms with Crippen molar-refractivity contribution in [2.75, 3.05) is 24.3 Å². The molecule has 2 aromatic rings. The van der Waals surface area contributed by atoms with E-state index in [1.807, 2.05) is 12.1 Å². The topological polar surface area (TPSA) is 106 Å². The normalized spacial score (nSPS) is 11.0. The first kappa shape index (κ1) is 23.5. The van der Waals surface area contributed by atoms with Crippen molar-refractivity contribution in [1.82, 2.24) is 5.32 Å². The fourth-order valence-electron chi connectivity index (χ4n) is 2.42. The van der Waals surface area contributed by atoms with Crippen LogP contribution in [-0.4, -0.2) is 37.2 Å². The molecule has 0 saturated carbocycles. The Kier molecular flexibility index (Phi) is 8.19. The maximum Gasteiger partial charge on any atom is 0.408 e. The minimum Gasteiger partial charge on any atom is -0.497 e. The van der Waals surface area contributed by atoms with Gasteiger partial charge in [0.2, 0.25) is 11.8 Å². The van der Waals surface area contributed by atoms with Crippen molar-refractivity contribution in [2.24, 2.45) is 0 Å². The zero-order chi connectivity index (χ0) is 22.9. The lowest BCUT2D eigenvalue weighted by atomic mass is 10.2. The molecule has 0 unspecified atom stereocenters. The van der Waals surface area contributed by atoms with E-state index in [1.54, 1.807) is 70.4 Å². The summed E-state index contributed by atoms with van der Waals surface area (Å²) < 4.78 is 10.2. The van der Waals surface area contributed by atoms with Crippen LogP contribution >= 0.6 is 0 Å². The maximum absolute atomic E-state index is 12.3. The quantitative estimate of drug-likeness (QED) is 0.585. The first-order valence-electron chi connectivity index (χ1n) is 9.65. The van der Waals surface area contributed by atoms with Gasteiger partial charge in [-0.1, -0.05) is 24.3 Å². The maximum atomic E-state index is 12.3. The molecule has 3 N–H and O–H groups in total. The molecule has 0 atom stereocenters. The van der Waals surface area contributed by atoms with Crippen LogP contribution < -0.4 is 20.7 Å². The van der Waals surface area contributed by atoms with E-state index in [9.17, 15) is 14.4 Å². The molecule has 0 spiro atoms. The zero-order valence-corrected chi connectivity index (χ0v) is 18.0. The van der Waals surface area contributed by atoms with Crippen LogP contribution in [-0.2, 0) is 14.3 Å². The van der Waals surface area contributed by atoms with Gasteiger partial charge in [-0.05, 0) is 56.7 Å². The Labute approximate surface area is 181 Å². The van der Waals surface area contributed by atoms with E-state index < -0.39 is 17.6 Å². The molecule has 2 rings (SSSR count). The summed E-state index contributed by atoms with van der Waals surface area (Å²) in [6.07, 6.45) is 2.37. The van der Waals surface area contributed by atoms with E-state index in [4.69, 9.17) is 9.47 Å². The van der Waals surface area contributed by atoms with Crippen molar-refractivity contribution in [3.63, 3.8) is 0 Å². The minimum atomic E-state index is -0.687. The molecule has 31 heavy (non-hydrogen) atoms. The number of ether oxygens (including phenoxy) is 2. The van der Waals surface area contributed by atoms with Crippen LogP contribution in [0.5, 0.6) is 5.75 Å². The molecule has 0 radical (unpaired) electrons. The van der Waals surface area contributed by atoms with Gasteiger partial charge in [0.15, 0.2) is 0 Å². The molecule has 0 fully saturated rings. The van der Waals surface area contributed by atoms with Gasteiger partial charge in [-0.3, -0.25) is 9.59 Å². The van der Waals surface area contributed by atoms with Crippen molar-refractivity contribution in [3.8, 4) is 5.75 Å². The van der Waals surface area contributed by atoms with Crippen LogP contribution in [0.2, 0.25) is 0 Å². The van der Waals surface area contributed by atoms with Crippen LogP contribution in [0.1, 0.15) is 26.3 Å². The molecule has 0 heterocycles. The van der Waals surface area contributed by atoms with E-state index in [0.717, 1.165) is 11.3 Å². The van der Waals surface area contributed by atoms with Gasteiger partial charge in [-0.2, -0.15) is 0 Å². The fraction of sp³-hybridized carbons (Fsp3) is 0.261. The molecule has 0 saturated heterocycles. The number of anilines is 2. The Morgan fingerprint density at radius 1 is 0.935 bits per heavy atom. The summed E-state index contributed by atoms with van der Waals surface area (Å²) in [5, 5.41) is 7.77. The Hall–Kier alpha value is -3.81. The molecular weight excluding hydrogens is 398 g/mol. The molecule has 3 amide bonds. The molecule has 2 aromatic carbocycles. The molecule has 8 heteroatoms. The van der Waals surface area contributed by atoms with Crippen molar-refractivity contribution >= 4 is 35.4 Å². The van der Waals surface area contributed by atoms with Crippen LogP contribution in [0.15, 0.2) is 54.6 Å². The van der Waals surface area contributed by atoms with Crippen molar-refractivity contribution in [2.45, 2.75) is 26.4 Å². The standard InChI is InChI=1S/C23H27N3O5/c1-23(2,3)31-22(29)24-15-21(28)26-19-8-6-5-7-18(19)25-20(27)14-11-16-9-12-17(30-4)13-10-16/h5-14H,15H2,1-4H3,(H,24,29)(H,25,27)(H,26,28)/b14-11+. The molecule has 0 aliphatic rings. The Bertz CT molecular complexity index is 946. The van der Waals surface area contributed by atoms with E-state index in [2.05, 4.69) is 16.0 Å². The highest BCUT2D eigenvalue weighted by Crippen LogP contribution is 2.21. The van der Waals surface area contributed by atoms with Gasteiger partial charge >= 0.3 is 6.09 Å². The number of alkyl carbamates (subject to hydrolysis) is 1. The van der Waals surface area contributed by atoms with Gasteiger partial charge in [0, 0.05) is 6.08 Å². The predicted molar refractivity (Wildman–Crippen MR) is 120 cm³/mol. The average Bonchev–Trinajstić information content (AvgIpc) is 2.71. The lowest BCUT2D eigenvalue weighted by Gasteiger charge is -2.19. The van der Waals surface area contributed by atoms with Gasteiger partial charge < -0.3 is 25.4 Å². The number of carbonyl (C=O) groups excluding carboxylic acids is 3. The number of nitrogens with one attached hydrogen (secondary N) is 3. The fourth-order valence-corrected chi connectivity index (χ4v) is 2.42. The molecule has 0 aliphatic heterocycles. The lowest BCUT2D eigenvalue weighted by molar-refractivity contribution is -0.115. The monoisotopic (exact) mass is 425 g/mol. The molecular formula is C23H27N3O5. The first-order valence-corrected chi connectivity index (χ1v) is 9.65. The van der Waals surface area contributed by atoms with Gasteiger partial charge in [0.1, 0.15) is 17.9 Å². The number of hydrogen-bond acceptors (Lipinski definition) is 5. The van der Waals surface area contributed by atoms with E-state index in [1.165, 1.54) is 6.08 Å². The summed E-state index contributed by atoms with van der Waals surface area (Å²) in [6, 6.07) is 14.0. The number of carbonyl (C=O) groups is 3. The Balaban J connectivity index is 1.93. The number of benzene rings is 2. The highest BCUT2D eigenvalue weighted by Gasteiger charge is 2.17. The van der Waals surface area contributed by atoms with Gasteiger partial charge in [0.25, 0.3) is 0 Å². The van der Waals surface area contributed by atoms with Crippen LogP contribution in [0.4, 0.5) is 16.2 Å².